The molecular weight excluding hydrogens is 356 g/mol. The van der Waals surface area contributed by atoms with Crippen LogP contribution in [-0.4, -0.2) is 74.3 Å². The number of anilines is 3. The third-order valence-electron chi connectivity index (χ3n) is 4.54. The van der Waals surface area contributed by atoms with Gasteiger partial charge in [-0.15, -0.1) is 0 Å². The first-order valence-corrected chi connectivity index (χ1v) is 9.49. The number of aryl methyl sites for hydroxylation is 1. The van der Waals surface area contributed by atoms with E-state index in [-0.39, 0.29) is 5.91 Å². The number of hydrogen-bond acceptors (Lipinski definition) is 7. The Balaban J connectivity index is 1.59. The van der Waals surface area contributed by atoms with Crippen LogP contribution in [0.3, 0.4) is 0 Å². The van der Waals surface area contributed by atoms with Crippen molar-refractivity contribution in [3.05, 3.63) is 41.9 Å². The van der Waals surface area contributed by atoms with Gasteiger partial charge in [0.05, 0.1) is 13.2 Å². The predicted octanol–water partition coefficient (Wildman–Crippen LogP) is 1.66. The van der Waals surface area contributed by atoms with Gasteiger partial charge in [0.2, 0.25) is 0 Å². The molecule has 0 radical (unpaired) electrons. The van der Waals surface area contributed by atoms with Crippen LogP contribution in [0, 0.1) is 6.92 Å². The number of ether oxygens (including phenoxy) is 1. The average Bonchev–Trinajstić information content (AvgIpc) is 2.68. The number of hydrogen-bond donors (Lipinski definition) is 2. The molecule has 2 N–H and O–H groups in total. The lowest BCUT2D eigenvalue weighted by molar-refractivity contribution is 0.0383. The topological polar surface area (TPSA) is 82.6 Å². The van der Waals surface area contributed by atoms with Gasteiger partial charge in [-0.3, -0.25) is 9.69 Å². The van der Waals surface area contributed by atoms with E-state index in [4.69, 9.17) is 4.74 Å². The first kappa shape index (κ1) is 20.0. The monoisotopic (exact) mass is 384 g/mol. The summed E-state index contributed by atoms with van der Waals surface area (Å²) >= 11 is 0. The largest absolute Gasteiger partial charge is 0.379 e. The van der Waals surface area contributed by atoms with Crippen molar-refractivity contribution in [2.24, 2.45) is 0 Å². The Hall–Kier alpha value is -2.71. The van der Waals surface area contributed by atoms with Crippen LogP contribution in [0.25, 0.3) is 0 Å². The minimum atomic E-state index is -0.190. The maximum atomic E-state index is 12.5. The van der Waals surface area contributed by atoms with Crippen molar-refractivity contribution in [1.29, 1.82) is 0 Å². The van der Waals surface area contributed by atoms with E-state index in [1.165, 1.54) is 0 Å². The highest BCUT2D eigenvalue weighted by Crippen LogP contribution is 2.19. The van der Waals surface area contributed by atoms with Crippen molar-refractivity contribution in [1.82, 2.24) is 20.2 Å². The van der Waals surface area contributed by atoms with E-state index in [1.807, 2.05) is 43.3 Å². The molecule has 8 nitrogen and oxygen atoms in total. The second-order valence-electron chi connectivity index (χ2n) is 6.96. The van der Waals surface area contributed by atoms with Crippen molar-refractivity contribution >= 4 is 23.1 Å². The van der Waals surface area contributed by atoms with Crippen molar-refractivity contribution in [3.8, 4) is 0 Å². The van der Waals surface area contributed by atoms with E-state index < -0.39 is 0 Å². The number of aromatic nitrogens is 2. The smallest absolute Gasteiger partial charge is 0.270 e. The molecule has 3 rings (SSSR count). The zero-order valence-corrected chi connectivity index (χ0v) is 16.7. The average molecular weight is 384 g/mol. The van der Waals surface area contributed by atoms with Crippen LogP contribution in [0.1, 0.15) is 16.3 Å². The van der Waals surface area contributed by atoms with Crippen LogP contribution in [-0.2, 0) is 4.74 Å². The summed E-state index contributed by atoms with van der Waals surface area (Å²) in [5, 5.41) is 6.18. The molecule has 1 aromatic heterocycles. The zero-order valence-electron chi connectivity index (χ0n) is 16.7. The molecule has 0 spiro atoms. The summed E-state index contributed by atoms with van der Waals surface area (Å²) in [6.45, 7) is 6.49. The van der Waals surface area contributed by atoms with E-state index >= 15 is 0 Å². The summed E-state index contributed by atoms with van der Waals surface area (Å²) in [5.74, 6) is 0.960. The van der Waals surface area contributed by atoms with Crippen molar-refractivity contribution in [2.75, 3.05) is 63.7 Å². The van der Waals surface area contributed by atoms with Crippen LogP contribution < -0.4 is 15.5 Å². The van der Waals surface area contributed by atoms with Gasteiger partial charge in [0, 0.05) is 57.7 Å². The number of carbonyl (C=O) groups excluding carboxylic acids is 1. The minimum Gasteiger partial charge on any atom is -0.379 e. The number of carbonyl (C=O) groups is 1. The van der Waals surface area contributed by atoms with E-state index in [0.29, 0.717) is 23.9 Å². The lowest BCUT2D eigenvalue weighted by Crippen LogP contribution is -2.41. The molecule has 1 saturated heterocycles. The van der Waals surface area contributed by atoms with E-state index in [1.54, 1.807) is 13.0 Å². The van der Waals surface area contributed by atoms with Gasteiger partial charge in [0.15, 0.2) is 0 Å². The highest BCUT2D eigenvalue weighted by atomic mass is 16.5. The molecule has 8 heteroatoms. The Morgan fingerprint density at radius 1 is 1.18 bits per heavy atom. The molecular formula is C20H28N6O2. The van der Waals surface area contributed by atoms with E-state index in [2.05, 4.69) is 25.5 Å². The van der Waals surface area contributed by atoms with Gasteiger partial charge in [-0.1, -0.05) is 0 Å². The maximum absolute atomic E-state index is 12.5. The van der Waals surface area contributed by atoms with Gasteiger partial charge in [0.25, 0.3) is 5.91 Å². The summed E-state index contributed by atoms with van der Waals surface area (Å²) < 4.78 is 5.33. The van der Waals surface area contributed by atoms with Gasteiger partial charge >= 0.3 is 0 Å². The molecule has 0 unspecified atom stereocenters. The number of nitrogens with one attached hydrogen (secondary N) is 2. The second kappa shape index (κ2) is 9.48. The molecule has 0 bridgehead atoms. The number of benzene rings is 1. The highest BCUT2D eigenvalue weighted by Gasteiger charge is 2.13. The summed E-state index contributed by atoms with van der Waals surface area (Å²) in [5.41, 5.74) is 2.38. The fourth-order valence-electron chi connectivity index (χ4n) is 2.98. The number of nitrogens with zero attached hydrogens (tertiary/aromatic N) is 4. The fourth-order valence-corrected chi connectivity index (χ4v) is 2.98. The van der Waals surface area contributed by atoms with Crippen molar-refractivity contribution in [3.63, 3.8) is 0 Å². The number of morpholine rings is 1. The number of rotatable bonds is 7. The van der Waals surface area contributed by atoms with Gasteiger partial charge in [-0.05, 0) is 31.2 Å². The first-order chi connectivity index (χ1) is 13.5. The third kappa shape index (κ3) is 5.64. The summed E-state index contributed by atoms with van der Waals surface area (Å²) in [6, 6.07) is 9.69. The van der Waals surface area contributed by atoms with Crippen LogP contribution in [0.15, 0.2) is 30.3 Å². The quantitative estimate of drug-likeness (QED) is 0.751. The second-order valence-corrected chi connectivity index (χ2v) is 6.96. The molecule has 28 heavy (non-hydrogen) atoms. The lowest BCUT2D eigenvalue weighted by Gasteiger charge is -2.26. The van der Waals surface area contributed by atoms with E-state index in [0.717, 1.165) is 44.2 Å². The maximum Gasteiger partial charge on any atom is 0.270 e. The highest BCUT2D eigenvalue weighted by molar-refractivity contribution is 5.93. The van der Waals surface area contributed by atoms with Crippen LogP contribution in [0.5, 0.6) is 0 Å². The third-order valence-corrected chi connectivity index (χ3v) is 4.54. The summed E-state index contributed by atoms with van der Waals surface area (Å²) in [7, 11) is 4.00. The molecule has 1 aliphatic rings. The van der Waals surface area contributed by atoms with Gasteiger partial charge in [-0.25, -0.2) is 9.97 Å². The van der Waals surface area contributed by atoms with Crippen LogP contribution >= 0.6 is 0 Å². The van der Waals surface area contributed by atoms with Crippen molar-refractivity contribution < 1.29 is 9.53 Å². The lowest BCUT2D eigenvalue weighted by atomic mass is 10.2. The summed E-state index contributed by atoms with van der Waals surface area (Å²) in [6.07, 6.45) is 0. The molecule has 2 heterocycles. The molecule has 0 saturated carbocycles. The molecule has 150 valence electrons. The normalized spacial score (nSPS) is 14.5. The minimum absolute atomic E-state index is 0.190. The van der Waals surface area contributed by atoms with Gasteiger partial charge < -0.3 is 20.3 Å². The SMILES string of the molecule is Cc1nc(Nc2ccc(N(C)C)cc2)cc(C(=O)NCCN2CCOCC2)n1. The Kier molecular flexibility index (Phi) is 6.78. The Labute approximate surface area is 165 Å². The summed E-state index contributed by atoms with van der Waals surface area (Å²) in [4.78, 5) is 25.5. The molecule has 1 aromatic carbocycles. The fraction of sp³-hybridized carbons (Fsp3) is 0.450. The standard InChI is InChI=1S/C20H28N6O2/c1-15-22-18(20(27)21-8-9-26-10-12-28-13-11-26)14-19(23-15)24-16-4-6-17(7-5-16)25(2)3/h4-7,14H,8-13H2,1-3H3,(H,21,27)(H,22,23,24). The van der Waals surface area contributed by atoms with Crippen LogP contribution in [0.4, 0.5) is 17.2 Å². The first-order valence-electron chi connectivity index (χ1n) is 9.49. The van der Waals surface area contributed by atoms with Gasteiger partial charge in [0.1, 0.15) is 17.3 Å². The molecule has 0 atom stereocenters. The molecule has 1 fully saturated rings. The number of amides is 1. The van der Waals surface area contributed by atoms with Crippen LogP contribution in [0.2, 0.25) is 0 Å². The van der Waals surface area contributed by atoms with Gasteiger partial charge in [-0.2, -0.15) is 0 Å². The molecule has 0 aliphatic carbocycles. The zero-order chi connectivity index (χ0) is 19.9. The Morgan fingerprint density at radius 2 is 1.89 bits per heavy atom. The Bertz CT molecular complexity index is 788. The molecule has 1 amide bonds. The van der Waals surface area contributed by atoms with E-state index in [9.17, 15) is 4.79 Å². The predicted molar refractivity (Wildman–Crippen MR) is 110 cm³/mol. The molecule has 2 aromatic rings. The Morgan fingerprint density at radius 3 is 2.57 bits per heavy atom. The van der Waals surface area contributed by atoms with Crippen molar-refractivity contribution in [2.45, 2.75) is 6.92 Å². The molecule has 1 aliphatic heterocycles.